The minimum absolute atomic E-state index is 0.750. The molecule has 1 N–H and O–H groups in total. The van der Waals surface area contributed by atoms with Gasteiger partial charge in [-0.2, -0.15) is 0 Å². The zero-order valence-corrected chi connectivity index (χ0v) is 23.7. The van der Waals surface area contributed by atoms with Crippen LogP contribution in [0.15, 0.2) is 134 Å². The van der Waals surface area contributed by atoms with E-state index < -0.39 is 0 Å². The molecule has 44 heavy (non-hydrogen) atoms. The van der Waals surface area contributed by atoms with E-state index in [1.807, 2.05) is 73.1 Å². The first-order chi connectivity index (χ1) is 21.7. The Balaban J connectivity index is 1.18. The largest absolute Gasteiger partial charge is 0.309 e. The van der Waals surface area contributed by atoms with Crippen LogP contribution in [0.5, 0.6) is 0 Å². The summed E-state index contributed by atoms with van der Waals surface area (Å²) < 4.78 is 4.33. The second-order valence-electron chi connectivity index (χ2n) is 10.6. The summed E-state index contributed by atoms with van der Waals surface area (Å²) in [5, 5.41) is 11.3. The minimum atomic E-state index is 0.750. The number of nitrogens with one attached hydrogen (secondary N) is 1. The van der Waals surface area contributed by atoms with Crippen molar-refractivity contribution in [1.82, 2.24) is 24.1 Å². The third-order valence-electron chi connectivity index (χ3n) is 8.16. The number of aromatic nitrogens is 5. The Labute approximate surface area is 253 Å². The molecule has 0 aliphatic rings. The van der Waals surface area contributed by atoms with Gasteiger partial charge in [-0.15, -0.1) is 0 Å². The van der Waals surface area contributed by atoms with Crippen LogP contribution in [0.25, 0.3) is 72.9 Å². The van der Waals surface area contributed by atoms with E-state index in [2.05, 4.69) is 75.3 Å². The molecular weight excluding hydrogens is 540 g/mol. The van der Waals surface area contributed by atoms with Crippen molar-refractivity contribution in [3.8, 4) is 34.2 Å². The van der Waals surface area contributed by atoms with Crippen molar-refractivity contribution >= 4 is 45.0 Å². The summed E-state index contributed by atoms with van der Waals surface area (Å²) in [6.45, 7) is 4.03. The van der Waals surface area contributed by atoms with Gasteiger partial charge in [0.05, 0.1) is 39.3 Å². The first-order valence-electron chi connectivity index (χ1n) is 14.4. The molecule has 0 atom stereocenters. The van der Waals surface area contributed by atoms with Crippen LogP contribution in [0, 0.1) is 5.41 Å². The number of nitrogens with zero attached hydrogens (tertiary/aromatic N) is 5. The Bertz CT molecular complexity index is 2320. The van der Waals surface area contributed by atoms with Gasteiger partial charge in [0.2, 0.25) is 0 Å². The fraction of sp³-hybridized carbons (Fsp3) is 0. The van der Waals surface area contributed by atoms with Crippen LogP contribution in [0.4, 0.5) is 0 Å². The van der Waals surface area contributed by atoms with Crippen molar-refractivity contribution in [3.05, 3.63) is 145 Å². The lowest BCUT2D eigenvalue weighted by Gasteiger charge is -2.11. The standard InChI is InChI=1S/C38H26N6/c1-2-34-29(23-39)27-9-3-6-15-36(27)44(34)38-16-8-13-33(42-38)32-12-7-11-31(41-32)25-17-19-26(20-18-25)43-35-14-5-4-10-28(35)30-24-40-22-21-37(30)43/h2-24,39H,1H2. The van der Waals surface area contributed by atoms with Crippen LogP contribution in [-0.4, -0.2) is 30.3 Å². The summed E-state index contributed by atoms with van der Waals surface area (Å²) in [7, 11) is 0. The van der Waals surface area contributed by atoms with Gasteiger partial charge < -0.3 is 9.98 Å². The monoisotopic (exact) mass is 566 g/mol. The molecule has 208 valence electrons. The lowest BCUT2D eigenvalue weighted by Crippen LogP contribution is -2.02. The van der Waals surface area contributed by atoms with Crippen molar-refractivity contribution in [2.45, 2.75) is 0 Å². The molecular formula is C38H26N6. The third kappa shape index (κ3) is 3.96. The van der Waals surface area contributed by atoms with E-state index in [-0.39, 0.29) is 0 Å². The molecule has 8 aromatic rings. The molecule has 0 aliphatic heterocycles. The quantitative estimate of drug-likeness (QED) is 0.204. The summed E-state index contributed by atoms with van der Waals surface area (Å²) in [6, 6.07) is 39.1. The molecule has 0 unspecified atom stereocenters. The number of fused-ring (bicyclic) bond motifs is 4. The molecule has 6 nitrogen and oxygen atoms in total. The third-order valence-corrected chi connectivity index (χ3v) is 8.16. The molecule has 0 saturated carbocycles. The Morgan fingerprint density at radius 2 is 1.25 bits per heavy atom. The summed E-state index contributed by atoms with van der Waals surface area (Å²) in [5.74, 6) is 0.750. The van der Waals surface area contributed by atoms with E-state index in [0.717, 1.165) is 72.7 Å². The highest BCUT2D eigenvalue weighted by atomic mass is 15.1. The van der Waals surface area contributed by atoms with Crippen LogP contribution in [-0.2, 0) is 0 Å². The Hall–Kier alpha value is -6.14. The van der Waals surface area contributed by atoms with Crippen molar-refractivity contribution in [2.75, 3.05) is 0 Å². The maximum Gasteiger partial charge on any atom is 0.138 e. The molecule has 0 amide bonds. The molecule has 5 aromatic heterocycles. The number of pyridine rings is 3. The van der Waals surface area contributed by atoms with Gasteiger partial charge in [0.25, 0.3) is 0 Å². The van der Waals surface area contributed by atoms with Crippen molar-refractivity contribution in [3.63, 3.8) is 0 Å². The Morgan fingerprint density at radius 1 is 0.591 bits per heavy atom. The van der Waals surface area contributed by atoms with Crippen LogP contribution >= 0.6 is 0 Å². The van der Waals surface area contributed by atoms with Gasteiger partial charge in [-0.3, -0.25) is 9.55 Å². The molecule has 0 saturated heterocycles. The highest BCUT2D eigenvalue weighted by Gasteiger charge is 2.17. The van der Waals surface area contributed by atoms with Crippen LogP contribution in [0.1, 0.15) is 11.3 Å². The van der Waals surface area contributed by atoms with Crippen molar-refractivity contribution < 1.29 is 0 Å². The fourth-order valence-corrected chi connectivity index (χ4v) is 6.19. The number of rotatable bonds is 6. The lowest BCUT2D eigenvalue weighted by molar-refractivity contribution is 1.03. The summed E-state index contributed by atoms with van der Waals surface area (Å²) >= 11 is 0. The zero-order chi connectivity index (χ0) is 29.6. The Morgan fingerprint density at radius 3 is 2.02 bits per heavy atom. The average molecular weight is 567 g/mol. The van der Waals surface area contributed by atoms with Gasteiger partial charge in [-0.1, -0.05) is 67.2 Å². The zero-order valence-electron chi connectivity index (χ0n) is 23.7. The summed E-state index contributed by atoms with van der Waals surface area (Å²) in [4.78, 5) is 14.4. The number of hydrogen-bond donors (Lipinski definition) is 1. The van der Waals surface area contributed by atoms with Gasteiger partial charge in [0.15, 0.2) is 0 Å². The Kier molecular flexibility index (Phi) is 5.98. The highest BCUT2D eigenvalue weighted by molar-refractivity contribution is 6.09. The first kappa shape index (κ1) is 25.6. The molecule has 0 fully saturated rings. The summed E-state index contributed by atoms with van der Waals surface area (Å²) in [6.07, 6.45) is 6.95. The minimum Gasteiger partial charge on any atom is -0.309 e. The van der Waals surface area contributed by atoms with Crippen LogP contribution < -0.4 is 0 Å². The molecule has 6 heteroatoms. The number of para-hydroxylation sites is 2. The fourth-order valence-electron chi connectivity index (χ4n) is 6.19. The maximum atomic E-state index is 8.03. The highest BCUT2D eigenvalue weighted by Crippen LogP contribution is 2.33. The molecule has 0 radical (unpaired) electrons. The van der Waals surface area contributed by atoms with E-state index in [4.69, 9.17) is 15.4 Å². The SMILES string of the molecule is C=Cc1c(C=N)c2ccccc2n1-c1cccc(-c2cccc(-c3ccc(-n4c5ccccc5c5cnccc54)cc3)n2)n1. The van der Waals surface area contributed by atoms with Gasteiger partial charge in [0.1, 0.15) is 5.82 Å². The van der Waals surface area contributed by atoms with Gasteiger partial charge in [-0.25, -0.2) is 9.97 Å². The molecule has 0 bridgehead atoms. The number of hydrogen-bond acceptors (Lipinski definition) is 4. The van der Waals surface area contributed by atoms with Crippen LogP contribution in [0.3, 0.4) is 0 Å². The van der Waals surface area contributed by atoms with E-state index >= 15 is 0 Å². The molecule has 5 heterocycles. The maximum absolute atomic E-state index is 8.03. The lowest BCUT2D eigenvalue weighted by atomic mass is 10.1. The van der Waals surface area contributed by atoms with Crippen molar-refractivity contribution in [1.29, 1.82) is 5.41 Å². The molecule has 8 rings (SSSR count). The summed E-state index contributed by atoms with van der Waals surface area (Å²) in [5.41, 5.74) is 9.45. The molecule has 3 aromatic carbocycles. The van der Waals surface area contributed by atoms with Crippen molar-refractivity contribution in [2.24, 2.45) is 0 Å². The second-order valence-corrected chi connectivity index (χ2v) is 10.6. The smallest absolute Gasteiger partial charge is 0.138 e. The van der Waals surface area contributed by atoms with Gasteiger partial charge in [0, 0.05) is 51.6 Å². The number of benzene rings is 3. The van der Waals surface area contributed by atoms with Crippen LogP contribution in [0.2, 0.25) is 0 Å². The molecule has 0 aliphatic carbocycles. The molecule has 0 spiro atoms. The predicted octanol–water partition coefficient (Wildman–Crippen LogP) is 8.89. The second kappa shape index (κ2) is 10.3. The predicted molar refractivity (Wildman–Crippen MR) is 180 cm³/mol. The van der Waals surface area contributed by atoms with E-state index in [0.29, 0.717) is 0 Å². The van der Waals surface area contributed by atoms with Gasteiger partial charge in [-0.05, 0) is 60.7 Å². The topological polar surface area (TPSA) is 72.4 Å². The van der Waals surface area contributed by atoms with E-state index in [9.17, 15) is 0 Å². The van der Waals surface area contributed by atoms with E-state index in [1.165, 1.54) is 11.6 Å². The van der Waals surface area contributed by atoms with E-state index in [1.54, 1.807) is 6.08 Å². The average Bonchev–Trinajstić information content (AvgIpc) is 3.61. The normalized spacial score (nSPS) is 11.4. The van der Waals surface area contributed by atoms with Gasteiger partial charge >= 0.3 is 0 Å². The first-order valence-corrected chi connectivity index (χ1v) is 14.4.